The highest BCUT2D eigenvalue weighted by molar-refractivity contribution is 5.93. The Kier molecular flexibility index (Phi) is 6.01. The molecule has 2 N–H and O–H groups in total. The zero-order valence-electron chi connectivity index (χ0n) is 16.5. The highest BCUT2D eigenvalue weighted by Crippen LogP contribution is 2.27. The first-order valence-electron chi connectivity index (χ1n) is 9.47. The summed E-state index contributed by atoms with van der Waals surface area (Å²) in [5.41, 5.74) is 1.72. The SMILES string of the molecule is Cc1cccc(C)c1NC(=O)CN1CC[C@H](Oc2cccc(F)c2)[C@@](C)(O)C1. The van der Waals surface area contributed by atoms with Crippen LogP contribution >= 0.6 is 0 Å². The van der Waals surface area contributed by atoms with Gasteiger partial charge in [0, 0.05) is 24.8 Å². The number of nitrogens with zero attached hydrogens (tertiary/aromatic N) is 1. The average molecular weight is 386 g/mol. The second-order valence-corrected chi connectivity index (χ2v) is 7.74. The van der Waals surface area contributed by atoms with Crippen LogP contribution in [0, 0.1) is 19.7 Å². The number of hydrogen-bond donors (Lipinski definition) is 2. The summed E-state index contributed by atoms with van der Waals surface area (Å²) in [5.74, 6) is -0.0954. The fourth-order valence-electron chi connectivity index (χ4n) is 3.66. The number of hydrogen-bond acceptors (Lipinski definition) is 4. The lowest BCUT2D eigenvalue weighted by molar-refractivity contribution is -0.123. The molecule has 2 atom stereocenters. The van der Waals surface area contributed by atoms with E-state index in [1.807, 2.05) is 36.9 Å². The second-order valence-electron chi connectivity index (χ2n) is 7.74. The Bertz CT molecular complexity index is 833. The summed E-state index contributed by atoms with van der Waals surface area (Å²) in [4.78, 5) is 14.4. The first-order valence-corrected chi connectivity index (χ1v) is 9.47. The number of benzene rings is 2. The summed E-state index contributed by atoms with van der Waals surface area (Å²) >= 11 is 0. The van der Waals surface area contributed by atoms with E-state index in [0.717, 1.165) is 16.8 Å². The molecule has 150 valence electrons. The van der Waals surface area contributed by atoms with E-state index in [1.54, 1.807) is 19.1 Å². The number of carbonyl (C=O) groups is 1. The van der Waals surface area contributed by atoms with E-state index in [2.05, 4.69) is 5.32 Å². The number of carbonyl (C=O) groups excluding carboxylic acids is 1. The predicted octanol–water partition coefficient (Wildman–Crippen LogP) is 3.29. The van der Waals surface area contributed by atoms with Crippen molar-refractivity contribution in [2.75, 3.05) is 25.0 Å². The topological polar surface area (TPSA) is 61.8 Å². The first kappa shape index (κ1) is 20.3. The normalized spacial score (nSPS) is 22.7. The molecule has 0 aromatic heterocycles. The Morgan fingerprint density at radius 1 is 1.29 bits per heavy atom. The number of rotatable bonds is 5. The molecule has 28 heavy (non-hydrogen) atoms. The molecule has 0 bridgehead atoms. The summed E-state index contributed by atoms with van der Waals surface area (Å²) in [6.45, 7) is 6.71. The Morgan fingerprint density at radius 3 is 2.61 bits per heavy atom. The van der Waals surface area contributed by atoms with Gasteiger partial charge in [-0.15, -0.1) is 0 Å². The van der Waals surface area contributed by atoms with Crippen molar-refractivity contribution in [2.24, 2.45) is 0 Å². The predicted molar refractivity (Wildman–Crippen MR) is 107 cm³/mol. The van der Waals surface area contributed by atoms with Gasteiger partial charge in [-0.2, -0.15) is 0 Å². The molecule has 1 heterocycles. The van der Waals surface area contributed by atoms with E-state index in [0.29, 0.717) is 25.3 Å². The molecule has 1 fully saturated rings. The lowest BCUT2D eigenvalue weighted by Crippen LogP contribution is -2.58. The van der Waals surface area contributed by atoms with Gasteiger partial charge in [-0.25, -0.2) is 4.39 Å². The summed E-state index contributed by atoms with van der Waals surface area (Å²) < 4.78 is 19.2. The van der Waals surface area contributed by atoms with E-state index in [4.69, 9.17) is 4.74 Å². The summed E-state index contributed by atoms with van der Waals surface area (Å²) in [6.07, 6.45) is 0.0763. The molecular weight excluding hydrogens is 359 g/mol. The number of ether oxygens (including phenoxy) is 1. The molecule has 2 aromatic rings. The molecule has 0 spiro atoms. The fourth-order valence-corrected chi connectivity index (χ4v) is 3.66. The zero-order chi connectivity index (χ0) is 20.3. The smallest absolute Gasteiger partial charge is 0.238 e. The maximum Gasteiger partial charge on any atom is 0.238 e. The van der Waals surface area contributed by atoms with Crippen molar-refractivity contribution in [1.29, 1.82) is 0 Å². The number of nitrogens with one attached hydrogen (secondary N) is 1. The number of aliphatic hydroxyl groups is 1. The molecular formula is C22H27FN2O3. The van der Waals surface area contributed by atoms with Crippen LogP contribution in [0.15, 0.2) is 42.5 Å². The van der Waals surface area contributed by atoms with Gasteiger partial charge in [0.1, 0.15) is 23.3 Å². The van der Waals surface area contributed by atoms with Gasteiger partial charge in [0.2, 0.25) is 5.91 Å². The molecule has 0 unspecified atom stereocenters. The Labute approximate surface area is 165 Å². The van der Waals surface area contributed by atoms with Crippen molar-refractivity contribution in [3.63, 3.8) is 0 Å². The number of anilines is 1. The van der Waals surface area contributed by atoms with Crippen molar-refractivity contribution in [1.82, 2.24) is 4.90 Å². The zero-order valence-corrected chi connectivity index (χ0v) is 16.5. The van der Waals surface area contributed by atoms with Crippen LogP contribution in [0.3, 0.4) is 0 Å². The van der Waals surface area contributed by atoms with Crippen LogP contribution in [-0.4, -0.2) is 47.3 Å². The van der Waals surface area contributed by atoms with Crippen LogP contribution in [0.4, 0.5) is 10.1 Å². The lowest BCUT2D eigenvalue weighted by atomic mass is 9.91. The number of β-amino-alcohol motifs (C(OH)–C–C–N with tert-alkyl or cyclic N) is 1. The number of halogens is 1. The Morgan fingerprint density at radius 2 is 1.96 bits per heavy atom. The summed E-state index contributed by atoms with van der Waals surface area (Å²) in [6, 6.07) is 11.8. The number of amides is 1. The second kappa shape index (κ2) is 8.29. The standard InChI is InChI=1S/C22H27FN2O3/c1-15-6-4-7-16(2)21(15)24-20(26)13-25-11-10-19(22(3,27)14-25)28-18-9-5-8-17(23)12-18/h4-9,12,19,27H,10-11,13-14H2,1-3H3,(H,24,26)/t19-,22-/m0/s1. The number of piperidine rings is 1. The molecule has 1 saturated heterocycles. The summed E-state index contributed by atoms with van der Waals surface area (Å²) in [5, 5.41) is 13.8. The monoisotopic (exact) mass is 386 g/mol. The van der Waals surface area contributed by atoms with Crippen LogP contribution in [0.5, 0.6) is 5.75 Å². The number of para-hydroxylation sites is 1. The van der Waals surface area contributed by atoms with Crippen molar-refractivity contribution >= 4 is 11.6 Å². The lowest BCUT2D eigenvalue weighted by Gasteiger charge is -2.42. The van der Waals surface area contributed by atoms with Gasteiger partial charge in [-0.05, 0) is 50.5 Å². The van der Waals surface area contributed by atoms with E-state index in [-0.39, 0.29) is 18.3 Å². The van der Waals surface area contributed by atoms with E-state index < -0.39 is 11.7 Å². The van der Waals surface area contributed by atoms with Gasteiger partial charge in [0.15, 0.2) is 0 Å². The van der Waals surface area contributed by atoms with Crippen molar-refractivity contribution < 1.29 is 19.0 Å². The molecule has 0 saturated carbocycles. The third kappa shape index (κ3) is 4.88. The van der Waals surface area contributed by atoms with Gasteiger partial charge in [0.05, 0.1) is 6.54 Å². The van der Waals surface area contributed by atoms with E-state index >= 15 is 0 Å². The largest absolute Gasteiger partial charge is 0.487 e. The van der Waals surface area contributed by atoms with Crippen LogP contribution in [-0.2, 0) is 4.79 Å². The molecule has 0 radical (unpaired) electrons. The third-order valence-corrected chi connectivity index (χ3v) is 5.13. The number of likely N-dealkylation sites (tertiary alicyclic amines) is 1. The quantitative estimate of drug-likeness (QED) is 0.828. The third-order valence-electron chi connectivity index (χ3n) is 5.13. The van der Waals surface area contributed by atoms with Crippen LogP contribution < -0.4 is 10.1 Å². The highest BCUT2D eigenvalue weighted by Gasteiger charge is 2.40. The highest BCUT2D eigenvalue weighted by atomic mass is 19.1. The molecule has 1 aliphatic rings. The molecule has 1 amide bonds. The van der Waals surface area contributed by atoms with Gasteiger partial charge in [-0.3, -0.25) is 9.69 Å². The fraction of sp³-hybridized carbons (Fsp3) is 0.409. The van der Waals surface area contributed by atoms with Gasteiger partial charge < -0.3 is 15.2 Å². The first-order chi connectivity index (χ1) is 13.2. The average Bonchev–Trinajstić information content (AvgIpc) is 2.60. The Hall–Kier alpha value is -2.44. The van der Waals surface area contributed by atoms with E-state index in [1.165, 1.54) is 12.1 Å². The van der Waals surface area contributed by atoms with Crippen molar-refractivity contribution in [3.05, 3.63) is 59.4 Å². The van der Waals surface area contributed by atoms with Crippen molar-refractivity contribution in [3.8, 4) is 5.75 Å². The molecule has 1 aliphatic heterocycles. The van der Waals surface area contributed by atoms with Crippen LogP contribution in [0.25, 0.3) is 0 Å². The summed E-state index contributed by atoms with van der Waals surface area (Å²) in [7, 11) is 0. The maximum absolute atomic E-state index is 13.4. The van der Waals surface area contributed by atoms with E-state index in [9.17, 15) is 14.3 Å². The van der Waals surface area contributed by atoms with Crippen molar-refractivity contribution in [2.45, 2.75) is 38.9 Å². The van der Waals surface area contributed by atoms with Crippen LogP contribution in [0.1, 0.15) is 24.5 Å². The number of aryl methyl sites for hydroxylation is 2. The van der Waals surface area contributed by atoms with Crippen LogP contribution in [0.2, 0.25) is 0 Å². The van der Waals surface area contributed by atoms with Gasteiger partial charge in [0.25, 0.3) is 0 Å². The van der Waals surface area contributed by atoms with Gasteiger partial charge >= 0.3 is 0 Å². The van der Waals surface area contributed by atoms with Gasteiger partial charge in [-0.1, -0.05) is 24.3 Å². The Balaban J connectivity index is 1.58. The molecule has 6 heteroatoms. The maximum atomic E-state index is 13.4. The molecule has 0 aliphatic carbocycles. The minimum Gasteiger partial charge on any atom is -0.487 e. The molecule has 2 aromatic carbocycles. The molecule has 5 nitrogen and oxygen atoms in total. The molecule has 3 rings (SSSR count). The minimum atomic E-state index is -1.15. The minimum absolute atomic E-state index is 0.113.